The minimum atomic E-state index is 0.135. The van der Waals surface area contributed by atoms with Gasteiger partial charge in [-0.3, -0.25) is 5.10 Å². The van der Waals surface area contributed by atoms with E-state index in [1.807, 2.05) is 12.1 Å². The van der Waals surface area contributed by atoms with Gasteiger partial charge in [0.2, 0.25) is 0 Å². The van der Waals surface area contributed by atoms with Crippen LogP contribution in [0.4, 0.5) is 5.69 Å². The van der Waals surface area contributed by atoms with E-state index < -0.39 is 0 Å². The van der Waals surface area contributed by atoms with Crippen molar-refractivity contribution >= 4 is 50.8 Å². The van der Waals surface area contributed by atoms with Crippen LogP contribution in [0.15, 0.2) is 41.3 Å². The van der Waals surface area contributed by atoms with Crippen molar-refractivity contribution < 1.29 is 4.42 Å². The average Bonchev–Trinajstić information content (AvgIpc) is 3.38. The highest BCUT2D eigenvalue weighted by molar-refractivity contribution is 14.1. The number of aromatic amines is 1. The zero-order valence-corrected chi connectivity index (χ0v) is 18.1. The molecule has 0 saturated carbocycles. The SMILES string of the molecule is N#Cc1c(I)cc2c(c1Cl)CCCC2Nc1ccc2[nH]nc(-c3cnco3)c2c1. The van der Waals surface area contributed by atoms with Crippen LogP contribution >= 0.6 is 34.2 Å². The van der Waals surface area contributed by atoms with E-state index in [0.29, 0.717) is 16.3 Å². The number of fused-ring (bicyclic) bond motifs is 2. The van der Waals surface area contributed by atoms with E-state index in [1.54, 1.807) is 6.20 Å². The smallest absolute Gasteiger partial charge is 0.181 e. The third-order valence-electron chi connectivity index (χ3n) is 5.33. The van der Waals surface area contributed by atoms with Gasteiger partial charge in [-0.05, 0) is 77.2 Å². The van der Waals surface area contributed by atoms with Crippen molar-refractivity contribution in [3.05, 3.63) is 62.1 Å². The van der Waals surface area contributed by atoms with Gasteiger partial charge in [0.05, 0.1) is 28.3 Å². The van der Waals surface area contributed by atoms with E-state index in [4.69, 9.17) is 16.0 Å². The molecule has 0 radical (unpaired) electrons. The summed E-state index contributed by atoms with van der Waals surface area (Å²) in [6.07, 6.45) is 5.98. The maximum absolute atomic E-state index is 9.41. The Morgan fingerprint density at radius 1 is 1.34 bits per heavy atom. The number of oxazole rings is 1. The van der Waals surface area contributed by atoms with Crippen LogP contribution in [0.1, 0.15) is 35.6 Å². The molecule has 1 aliphatic rings. The summed E-state index contributed by atoms with van der Waals surface area (Å²) < 4.78 is 6.30. The molecule has 1 atom stereocenters. The summed E-state index contributed by atoms with van der Waals surface area (Å²) in [5.74, 6) is 0.627. The van der Waals surface area contributed by atoms with Crippen LogP contribution in [0.5, 0.6) is 0 Å². The standard InChI is InChI=1S/C21H15ClIN5O/c22-20-12-2-1-3-17(13(12)7-16(23)15(20)8-24)26-11-4-5-18-14(6-11)21(28-27-18)19-9-25-10-29-19/h4-7,9-10,17,26H,1-3H2,(H,27,28). The Labute approximate surface area is 185 Å². The molecule has 1 unspecified atom stereocenters. The van der Waals surface area contributed by atoms with Crippen LogP contribution in [0, 0.1) is 14.9 Å². The molecule has 29 heavy (non-hydrogen) atoms. The van der Waals surface area contributed by atoms with E-state index in [2.05, 4.69) is 61.3 Å². The van der Waals surface area contributed by atoms with E-state index >= 15 is 0 Å². The lowest BCUT2D eigenvalue weighted by Gasteiger charge is -2.29. The number of nitriles is 1. The van der Waals surface area contributed by atoms with E-state index in [-0.39, 0.29) is 6.04 Å². The van der Waals surface area contributed by atoms with Gasteiger partial charge in [0.15, 0.2) is 12.2 Å². The number of aromatic nitrogens is 3. The molecule has 4 aromatic rings. The molecule has 0 bridgehead atoms. The van der Waals surface area contributed by atoms with E-state index in [9.17, 15) is 5.26 Å². The van der Waals surface area contributed by atoms with Crippen molar-refractivity contribution in [1.82, 2.24) is 15.2 Å². The van der Waals surface area contributed by atoms with Crippen LogP contribution in [-0.2, 0) is 6.42 Å². The number of benzene rings is 2. The van der Waals surface area contributed by atoms with Gasteiger partial charge in [-0.1, -0.05) is 11.6 Å². The summed E-state index contributed by atoms with van der Waals surface area (Å²) in [7, 11) is 0. The van der Waals surface area contributed by atoms with E-state index in [0.717, 1.165) is 50.7 Å². The van der Waals surface area contributed by atoms with Crippen LogP contribution in [0.25, 0.3) is 22.4 Å². The number of H-pyrrole nitrogens is 1. The number of halogens is 2. The summed E-state index contributed by atoms with van der Waals surface area (Å²) in [6, 6.07) is 10.6. The maximum Gasteiger partial charge on any atom is 0.181 e. The molecule has 8 heteroatoms. The average molecular weight is 516 g/mol. The van der Waals surface area contributed by atoms with Crippen LogP contribution in [0.2, 0.25) is 5.02 Å². The Hall–Kier alpha value is -2.57. The molecule has 2 heterocycles. The predicted octanol–water partition coefficient (Wildman–Crippen LogP) is 5.84. The van der Waals surface area contributed by atoms with Crippen molar-refractivity contribution in [2.75, 3.05) is 5.32 Å². The molecule has 1 aliphatic carbocycles. The Morgan fingerprint density at radius 2 is 2.24 bits per heavy atom. The topological polar surface area (TPSA) is 90.5 Å². The normalized spacial score (nSPS) is 15.8. The van der Waals surface area contributed by atoms with Crippen LogP contribution in [-0.4, -0.2) is 15.2 Å². The number of hydrogen-bond donors (Lipinski definition) is 2. The highest BCUT2D eigenvalue weighted by Crippen LogP contribution is 2.40. The molecular weight excluding hydrogens is 501 g/mol. The second kappa shape index (κ2) is 7.35. The van der Waals surface area contributed by atoms with Gasteiger partial charge in [0.25, 0.3) is 0 Å². The predicted molar refractivity (Wildman–Crippen MR) is 120 cm³/mol. The summed E-state index contributed by atoms with van der Waals surface area (Å²) in [5, 5.41) is 22.0. The van der Waals surface area contributed by atoms with Crippen molar-refractivity contribution in [2.24, 2.45) is 0 Å². The Kier molecular flexibility index (Phi) is 4.68. The lowest BCUT2D eigenvalue weighted by molar-refractivity contribution is 0.570. The van der Waals surface area contributed by atoms with Crippen molar-refractivity contribution in [2.45, 2.75) is 25.3 Å². The van der Waals surface area contributed by atoms with Crippen molar-refractivity contribution in [3.63, 3.8) is 0 Å². The molecule has 0 fully saturated rings. The highest BCUT2D eigenvalue weighted by Gasteiger charge is 2.25. The number of anilines is 1. The molecule has 0 amide bonds. The highest BCUT2D eigenvalue weighted by atomic mass is 127. The van der Waals surface area contributed by atoms with Gasteiger partial charge in [0, 0.05) is 14.6 Å². The first kappa shape index (κ1) is 18.5. The molecular formula is C21H15ClIN5O. The quantitative estimate of drug-likeness (QED) is 0.335. The number of rotatable bonds is 3. The minimum Gasteiger partial charge on any atom is -0.442 e. The largest absolute Gasteiger partial charge is 0.442 e. The lowest BCUT2D eigenvalue weighted by atomic mass is 9.86. The Morgan fingerprint density at radius 3 is 3.03 bits per heavy atom. The first-order valence-electron chi connectivity index (χ1n) is 9.20. The minimum absolute atomic E-state index is 0.135. The lowest BCUT2D eigenvalue weighted by Crippen LogP contribution is -2.18. The molecule has 0 saturated heterocycles. The van der Waals surface area contributed by atoms with Gasteiger partial charge in [0.1, 0.15) is 11.8 Å². The molecule has 5 rings (SSSR count). The monoisotopic (exact) mass is 515 g/mol. The second-order valence-corrected chi connectivity index (χ2v) is 8.55. The number of hydrogen-bond acceptors (Lipinski definition) is 5. The molecule has 2 N–H and O–H groups in total. The van der Waals surface area contributed by atoms with Gasteiger partial charge >= 0.3 is 0 Å². The molecule has 144 valence electrons. The van der Waals surface area contributed by atoms with Gasteiger partial charge in [-0.2, -0.15) is 10.4 Å². The second-order valence-electron chi connectivity index (χ2n) is 7.01. The fourth-order valence-electron chi connectivity index (χ4n) is 3.96. The summed E-state index contributed by atoms with van der Waals surface area (Å²) in [6.45, 7) is 0. The fourth-order valence-corrected chi connectivity index (χ4v) is 5.19. The molecule has 6 nitrogen and oxygen atoms in total. The van der Waals surface area contributed by atoms with Gasteiger partial charge in [-0.25, -0.2) is 4.98 Å². The summed E-state index contributed by atoms with van der Waals surface area (Å²) in [5.41, 5.74) is 5.49. The van der Waals surface area contributed by atoms with E-state index in [1.165, 1.54) is 12.0 Å². The molecule has 0 aliphatic heterocycles. The number of nitrogens with zero attached hydrogens (tertiary/aromatic N) is 3. The zero-order chi connectivity index (χ0) is 20.0. The third kappa shape index (κ3) is 3.16. The molecule has 0 spiro atoms. The van der Waals surface area contributed by atoms with Gasteiger partial charge < -0.3 is 9.73 Å². The first-order valence-corrected chi connectivity index (χ1v) is 10.7. The van der Waals surface area contributed by atoms with Crippen molar-refractivity contribution in [1.29, 1.82) is 5.26 Å². The number of nitrogens with one attached hydrogen (secondary N) is 2. The molecule has 2 aromatic heterocycles. The van der Waals surface area contributed by atoms with Crippen molar-refractivity contribution in [3.8, 4) is 17.5 Å². The Balaban J connectivity index is 1.53. The van der Waals surface area contributed by atoms with Crippen LogP contribution < -0.4 is 5.32 Å². The Bertz CT molecular complexity index is 1260. The maximum atomic E-state index is 9.41. The third-order valence-corrected chi connectivity index (χ3v) is 6.60. The summed E-state index contributed by atoms with van der Waals surface area (Å²) in [4.78, 5) is 3.98. The zero-order valence-electron chi connectivity index (χ0n) is 15.2. The van der Waals surface area contributed by atoms with Gasteiger partial charge in [-0.15, -0.1) is 0 Å². The summed E-state index contributed by atoms with van der Waals surface area (Å²) >= 11 is 8.75. The first-order chi connectivity index (χ1) is 14.2. The van der Waals surface area contributed by atoms with Crippen LogP contribution in [0.3, 0.4) is 0 Å². The molecule has 2 aromatic carbocycles. The fraction of sp³-hybridized carbons (Fsp3) is 0.190.